The third-order valence-corrected chi connectivity index (χ3v) is 6.46. The van der Waals surface area contributed by atoms with Gasteiger partial charge in [-0.2, -0.15) is 0 Å². The second-order valence-electron chi connectivity index (χ2n) is 6.77. The molecule has 1 aromatic carbocycles. The zero-order chi connectivity index (χ0) is 10.3. The molecule has 4 aliphatic carbocycles. The number of benzene rings is 1. The van der Waals surface area contributed by atoms with E-state index in [4.69, 9.17) is 0 Å². The molecule has 0 aliphatic heterocycles. The Balaban J connectivity index is 1.78. The van der Waals surface area contributed by atoms with Crippen LogP contribution >= 0.6 is 0 Å². The highest BCUT2D eigenvalue weighted by molar-refractivity contribution is 5.40. The van der Waals surface area contributed by atoms with Gasteiger partial charge in [0.2, 0.25) is 0 Å². The molecule has 0 heterocycles. The van der Waals surface area contributed by atoms with Crippen molar-refractivity contribution in [2.75, 3.05) is 0 Å². The van der Waals surface area contributed by atoms with Crippen molar-refractivity contribution in [1.82, 2.24) is 0 Å². The van der Waals surface area contributed by atoms with Gasteiger partial charge in [0.25, 0.3) is 0 Å². The van der Waals surface area contributed by atoms with E-state index in [1.807, 2.05) is 0 Å². The standard InChI is InChI=1S/C16H18/c1-2-4-15-11-6-13-7-12-5-10(14(15)3-1)8-16(12,13)9-11/h1-4,10-13H,5-9H2. The summed E-state index contributed by atoms with van der Waals surface area (Å²) in [5.41, 5.74) is 4.29. The predicted molar refractivity (Wildman–Crippen MR) is 64.4 cm³/mol. The van der Waals surface area contributed by atoms with Gasteiger partial charge in [-0.05, 0) is 72.3 Å². The van der Waals surface area contributed by atoms with Crippen molar-refractivity contribution < 1.29 is 0 Å². The Labute approximate surface area is 97.1 Å². The molecule has 0 N–H and O–H groups in total. The molecule has 16 heavy (non-hydrogen) atoms. The predicted octanol–water partition coefficient (Wildman–Crippen LogP) is 4.08. The topological polar surface area (TPSA) is 0 Å². The molecule has 4 aliphatic rings. The molecule has 1 spiro atoms. The van der Waals surface area contributed by atoms with Crippen LogP contribution in [0.5, 0.6) is 0 Å². The van der Waals surface area contributed by atoms with E-state index in [0.29, 0.717) is 0 Å². The first-order chi connectivity index (χ1) is 7.87. The molecule has 0 saturated heterocycles. The Morgan fingerprint density at radius 2 is 1.38 bits per heavy atom. The van der Waals surface area contributed by atoms with E-state index in [1.165, 1.54) is 25.7 Å². The molecule has 3 saturated carbocycles. The monoisotopic (exact) mass is 210 g/mol. The Kier molecular flexibility index (Phi) is 1.25. The van der Waals surface area contributed by atoms with Gasteiger partial charge in [-0.15, -0.1) is 0 Å². The minimum absolute atomic E-state index is 0.828. The van der Waals surface area contributed by atoms with Crippen LogP contribution in [-0.4, -0.2) is 0 Å². The minimum Gasteiger partial charge on any atom is -0.0620 e. The number of rotatable bonds is 0. The summed E-state index contributed by atoms with van der Waals surface area (Å²) in [6.45, 7) is 0. The fraction of sp³-hybridized carbons (Fsp3) is 0.625. The van der Waals surface area contributed by atoms with Gasteiger partial charge >= 0.3 is 0 Å². The van der Waals surface area contributed by atoms with Gasteiger partial charge in [-0.25, -0.2) is 0 Å². The lowest BCUT2D eigenvalue weighted by molar-refractivity contribution is 0.00322. The lowest BCUT2D eigenvalue weighted by Gasteiger charge is -2.48. The zero-order valence-corrected chi connectivity index (χ0v) is 9.65. The highest BCUT2D eigenvalue weighted by Crippen LogP contribution is 2.75. The van der Waals surface area contributed by atoms with Gasteiger partial charge in [0, 0.05) is 0 Å². The maximum atomic E-state index is 2.43. The van der Waals surface area contributed by atoms with E-state index in [0.717, 1.165) is 29.1 Å². The van der Waals surface area contributed by atoms with E-state index < -0.39 is 0 Å². The Bertz CT molecular complexity index is 430. The third-order valence-electron chi connectivity index (χ3n) is 6.46. The quantitative estimate of drug-likeness (QED) is 0.605. The van der Waals surface area contributed by atoms with Gasteiger partial charge in [0.15, 0.2) is 0 Å². The first-order valence-corrected chi connectivity index (χ1v) is 6.96. The van der Waals surface area contributed by atoms with Crippen LogP contribution in [0.2, 0.25) is 0 Å². The second-order valence-corrected chi connectivity index (χ2v) is 6.77. The number of hydrogen-bond acceptors (Lipinski definition) is 0. The molecule has 0 nitrogen and oxygen atoms in total. The minimum atomic E-state index is 0.828. The van der Waals surface area contributed by atoms with Crippen molar-refractivity contribution in [2.45, 2.75) is 43.9 Å². The summed E-state index contributed by atoms with van der Waals surface area (Å²) in [6.07, 6.45) is 7.67. The van der Waals surface area contributed by atoms with Gasteiger partial charge in [-0.3, -0.25) is 0 Å². The molecular formula is C16H18. The summed E-state index contributed by atoms with van der Waals surface area (Å²) in [4.78, 5) is 0. The molecule has 4 unspecified atom stereocenters. The van der Waals surface area contributed by atoms with Crippen molar-refractivity contribution in [2.24, 2.45) is 17.3 Å². The first kappa shape index (κ1) is 8.33. The largest absolute Gasteiger partial charge is 0.0620 e. The lowest BCUT2D eigenvalue weighted by Crippen LogP contribution is -2.41. The fourth-order valence-electron chi connectivity index (χ4n) is 5.90. The number of hydrogen-bond donors (Lipinski definition) is 0. The van der Waals surface area contributed by atoms with Crippen LogP contribution in [0.3, 0.4) is 0 Å². The average Bonchev–Trinajstić information content (AvgIpc) is 2.72. The van der Waals surface area contributed by atoms with Crippen LogP contribution in [0.15, 0.2) is 24.3 Å². The number of fused-ring (bicyclic) bond motifs is 5. The summed E-state index contributed by atoms with van der Waals surface area (Å²) in [6, 6.07) is 9.37. The molecule has 0 amide bonds. The van der Waals surface area contributed by atoms with Crippen LogP contribution in [0.1, 0.15) is 55.1 Å². The SMILES string of the molecule is c1ccc2c(c1)C1CC3CC4CC2CC34C1. The zero-order valence-electron chi connectivity index (χ0n) is 9.65. The van der Waals surface area contributed by atoms with Gasteiger partial charge in [0.05, 0.1) is 0 Å². The van der Waals surface area contributed by atoms with Crippen molar-refractivity contribution in [3.05, 3.63) is 35.4 Å². The summed E-state index contributed by atoms with van der Waals surface area (Å²) < 4.78 is 0. The molecule has 82 valence electrons. The van der Waals surface area contributed by atoms with Crippen molar-refractivity contribution in [3.8, 4) is 0 Å². The van der Waals surface area contributed by atoms with Crippen LogP contribution in [0.25, 0.3) is 0 Å². The summed E-state index contributed by atoms with van der Waals surface area (Å²) in [5.74, 6) is 4.08. The van der Waals surface area contributed by atoms with E-state index in [9.17, 15) is 0 Å². The van der Waals surface area contributed by atoms with Gasteiger partial charge in [-0.1, -0.05) is 24.3 Å². The van der Waals surface area contributed by atoms with E-state index in [1.54, 1.807) is 17.5 Å². The van der Waals surface area contributed by atoms with Crippen LogP contribution in [0.4, 0.5) is 0 Å². The van der Waals surface area contributed by atoms with E-state index in [-0.39, 0.29) is 0 Å². The Hall–Kier alpha value is -0.780. The Morgan fingerprint density at radius 3 is 1.94 bits per heavy atom. The second kappa shape index (κ2) is 2.39. The molecule has 5 rings (SSSR count). The molecule has 3 fully saturated rings. The van der Waals surface area contributed by atoms with E-state index >= 15 is 0 Å². The molecular weight excluding hydrogens is 192 g/mol. The summed E-state index contributed by atoms with van der Waals surface area (Å²) >= 11 is 0. The van der Waals surface area contributed by atoms with Crippen LogP contribution < -0.4 is 0 Å². The van der Waals surface area contributed by atoms with Crippen LogP contribution in [-0.2, 0) is 0 Å². The molecule has 0 radical (unpaired) electrons. The maximum absolute atomic E-state index is 2.43. The summed E-state index contributed by atoms with van der Waals surface area (Å²) in [7, 11) is 0. The van der Waals surface area contributed by atoms with E-state index in [2.05, 4.69) is 24.3 Å². The highest BCUT2D eigenvalue weighted by Gasteiger charge is 2.65. The normalized spacial score (nSPS) is 50.8. The van der Waals surface area contributed by atoms with Crippen molar-refractivity contribution in [3.63, 3.8) is 0 Å². The molecule has 3 bridgehead atoms. The average molecular weight is 210 g/mol. The molecule has 0 heteroatoms. The van der Waals surface area contributed by atoms with Crippen LogP contribution in [0, 0.1) is 17.3 Å². The maximum Gasteiger partial charge on any atom is -0.0151 e. The van der Waals surface area contributed by atoms with Gasteiger partial charge < -0.3 is 0 Å². The fourth-order valence-corrected chi connectivity index (χ4v) is 5.90. The van der Waals surface area contributed by atoms with Crippen molar-refractivity contribution in [1.29, 1.82) is 0 Å². The molecule has 0 aromatic heterocycles. The third kappa shape index (κ3) is 0.724. The smallest absolute Gasteiger partial charge is 0.0151 e. The highest BCUT2D eigenvalue weighted by atomic mass is 14.7. The summed E-state index contributed by atoms with van der Waals surface area (Å²) in [5, 5.41) is 0. The first-order valence-electron chi connectivity index (χ1n) is 6.96. The lowest BCUT2D eigenvalue weighted by atomic mass is 9.56. The molecule has 1 aromatic rings. The Morgan fingerprint density at radius 1 is 0.812 bits per heavy atom. The van der Waals surface area contributed by atoms with Crippen molar-refractivity contribution >= 4 is 0 Å². The molecule has 4 atom stereocenters. The van der Waals surface area contributed by atoms with Gasteiger partial charge in [0.1, 0.15) is 0 Å².